The van der Waals surface area contributed by atoms with Gasteiger partial charge in [-0.15, -0.1) is 0 Å². The van der Waals surface area contributed by atoms with Gasteiger partial charge in [0.05, 0.1) is 26.7 Å². The highest BCUT2D eigenvalue weighted by atomic mass is 16.5. The van der Waals surface area contributed by atoms with Crippen LogP contribution in [0.3, 0.4) is 0 Å². The average Bonchev–Trinajstić information content (AvgIpc) is 2.82. The summed E-state index contributed by atoms with van der Waals surface area (Å²) in [5.41, 5.74) is 0.858. The van der Waals surface area contributed by atoms with Crippen LogP contribution in [0.4, 0.5) is 0 Å². The molecular weight excluding hydrogens is 314 g/mol. The molecule has 2 rings (SSSR count). The Morgan fingerprint density at radius 3 is 2.54 bits per heavy atom. The third kappa shape index (κ3) is 3.84. The second-order valence-electron chi connectivity index (χ2n) is 5.42. The lowest BCUT2D eigenvalue weighted by Gasteiger charge is -2.14. The topological polar surface area (TPSA) is 82.1 Å². The normalized spacial score (nSPS) is 17.1. The van der Waals surface area contributed by atoms with Crippen LogP contribution in [0, 0.1) is 5.92 Å². The van der Waals surface area contributed by atoms with E-state index >= 15 is 0 Å². The van der Waals surface area contributed by atoms with Crippen molar-refractivity contribution in [2.45, 2.75) is 19.8 Å². The first-order valence-corrected chi connectivity index (χ1v) is 7.70. The average molecular weight is 335 g/mol. The van der Waals surface area contributed by atoms with E-state index in [1.54, 1.807) is 26.2 Å². The Balaban J connectivity index is 2.07. The van der Waals surface area contributed by atoms with E-state index in [9.17, 15) is 14.4 Å². The second-order valence-corrected chi connectivity index (χ2v) is 5.42. The lowest BCUT2D eigenvalue weighted by molar-refractivity contribution is -0.152. The Labute approximate surface area is 140 Å². The van der Waals surface area contributed by atoms with Gasteiger partial charge in [0, 0.05) is 6.42 Å². The molecule has 130 valence electrons. The molecule has 0 bridgehead atoms. The molecule has 0 aliphatic carbocycles. The largest absolute Gasteiger partial charge is 0.493 e. The summed E-state index contributed by atoms with van der Waals surface area (Å²) in [5.74, 6) is -0.591. The summed E-state index contributed by atoms with van der Waals surface area (Å²) in [6.45, 7) is 1.56. The number of likely N-dealkylation sites (tertiary alicyclic amines) is 1. The van der Waals surface area contributed by atoms with E-state index in [2.05, 4.69) is 0 Å². The number of benzene rings is 1. The summed E-state index contributed by atoms with van der Waals surface area (Å²) in [7, 11) is 3.08. The van der Waals surface area contributed by atoms with Gasteiger partial charge in [0.25, 0.3) is 0 Å². The van der Waals surface area contributed by atoms with Crippen molar-refractivity contribution < 1.29 is 28.6 Å². The Hall–Kier alpha value is -2.57. The molecule has 24 heavy (non-hydrogen) atoms. The molecule has 0 spiro atoms. The van der Waals surface area contributed by atoms with Crippen LogP contribution in [0.15, 0.2) is 18.2 Å². The Morgan fingerprint density at radius 1 is 1.21 bits per heavy atom. The highest BCUT2D eigenvalue weighted by Crippen LogP contribution is 2.30. The first kappa shape index (κ1) is 17.8. The summed E-state index contributed by atoms with van der Waals surface area (Å²) >= 11 is 0. The zero-order valence-electron chi connectivity index (χ0n) is 14.0. The van der Waals surface area contributed by atoms with Crippen molar-refractivity contribution in [1.29, 1.82) is 0 Å². The van der Waals surface area contributed by atoms with Crippen LogP contribution in [0.5, 0.6) is 11.5 Å². The predicted molar refractivity (Wildman–Crippen MR) is 84.7 cm³/mol. The Bertz CT molecular complexity index is 642. The standard InChI is InChI=1S/C17H21NO6/c1-4-24-16(20)10-18-15(19)9-12(17(18)21)7-11-5-6-13(22-2)14(8-11)23-3/h5-6,8,12H,4,7,9-10H2,1-3H3. The number of esters is 1. The molecule has 1 aromatic carbocycles. The third-order valence-corrected chi connectivity index (χ3v) is 3.86. The van der Waals surface area contributed by atoms with Crippen LogP contribution in [0.2, 0.25) is 0 Å². The lowest BCUT2D eigenvalue weighted by atomic mass is 9.97. The first-order valence-electron chi connectivity index (χ1n) is 7.70. The van der Waals surface area contributed by atoms with Gasteiger partial charge in [0.2, 0.25) is 11.8 Å². The molecule has 2 amide bonds. The molecule has 0 radical (unpaired) electrons. The maximum atomic E-state index is 12.4. The SMILES string of the molecule is CCOC(=O)CN1C(=O)CC(Cc2ccc(OC)c(OC)c2)C1=O. The molecule has 1 unspecified atom stereocenters. The smallest absolute Gasteiger partial charge is 0.326 e. The monoisotopic (exact) mass is 335 g/mol. The van der Waals surface area contributed by atoms with Gasteiger partial charge in [0.15, 0.2) is 11.5 Å². The van der Waals surface area contributed by atoms with E-state index in [-0.39, 0.29) is 31.4 Å². The van der Waals surface area contributed by atoms with E-state index in [4.69, 9.17) is 14.2 Å². The molecule has 1 aliphatic heterocycles. The van der Waals surface area contributed by atoms with Crippen molar-refractivity contribution in [3.8, 4) is 11.5 Å². The number of ether oxygens (including phenoxy) is 3. The van der Waals surface area contributed by atoms with Gasteiger partial charge in [-0.05, 0) is 31.0 Å². The van der Waals surface area contributed by atoms with E-state index in [0.717, 1.165) is 10.5 Å². The summed E-state index contributed by atoms with van der Waals surface area (Å²) in [6.07, 6.45) is 0.483. The number of rotatable bonds is 7. The molecule has 1 aliphatic rings. The third-order valence-electron chi connectivity index (χ3n) is 3.86. The zero-order valence-corrected chi connectivity index (χ0v) is 14.0. The van der Waals surface area contributed by atoms with Crippen molar-refractivity contribution in [1.82, 2.24) is 4.90 Å². The molecule has 0 saturated carbocycles. The maximum Gasteiger partial charge on any atom is 0.326 e. The van der Waals surface area contributed by atoms with Crippen LogP contribution in [-0.2, 0) is 25.5 Å². The van der Waals surface area contributed by atoms with Crippen molar-refractivity contribution in [2.24, 2.45) is 5.92 Å². The number of methoxy groups -OCH3 is 2. The van der Waals surface area contributed by atoms with E-state index in [1.165, 1.54) is 7.11 Å². The molecule has 1 heterocycles. The van der Waals surface area contributed by atoms with E-state index in [0.29, 0.717) is 17.9 Å². The molecule has 1 fully saturated rings. The molecule has 7 heteroatoms. The van der Waals surface area contributed by atoms with Gasteiger partial charge in [-0.3, -0.25) is 19.3 Å². The Morgan fingerprint density at radius 2 is 1.92 bits per heavy atom. The summed E-state index contributed by atoms with van der Waals surface area (Å²) < 4.78 is 15.2. The van der Waals surface area contributed by atoms with Crippen LogP contribution in [-0.4, -0.2) is 50.1 Å². The number of amides is 2. The molecule has 1 saturated heterocycles. The van der Waals surface area contributed by atoms with E-state index < -0.39 is 11.9 Å². The zero-order chi connectivity index (χ0) is 17.7. The van der Waals surface area contributed by atoms with Gasteiger partial charge in [-0.1, -0.05) is 6.07 Å². The van der Waals surface area contributed by atoms with Gasteiger partial charge >= 0.3 is 5.97 Å². The minimum absolute atomic E-state index is 0.0899. The Kier molecular flexibility index (Phi) is 5.78. The molecule has 1 atom stereocenters. The maximum absolute atomic E-state index is 12.4. The lowest BCUT2D eigenvalue weighted by Crippen LogP contribution is -2.36. The van der Waals surface area contributed by atoms with E-state index in [1.807, 2.05) is 6.07 Å². The number of nitrogens with zero attached hydrogens (tertiary/aromatic N) is 1. The van der Waals surface area contributed by atoms with Crippen LogP contribution in [0.1, 0.15) is 18.9 Å². The van der Waals surface area contributed by atoms with Crippen molar-refractivity contribution in [2.75, 3.05) is 27.4 Å². The highest BCUT2D eigenvalue weighted by molar-refractivity contribution is 6.05. The minimum atomic E-state index is -0.578. The highest BCUT2D eigenvalue weighted by Gasteiger charge is 2.39. The quantitative estimate of drug-likeness (QED) is 0.550. The van der Waals surface area contributed by atoms with Crippen molar-refractivity contribution in [3.63, 3.8) is 0 Å². The predicted octanol–water partition coefficient (Wildman–Crippen LogP) is 1.18. The van der Waals surface area contributed by atoms with Crippen LogP contribution < -0.4 is 9.47 Å². The minimum Gasteiger partial charge on any atom is -0.493 e. The number of carbonyl (C=O) groups excluding carboxylic acids is 3. The first-order chi connectivity index (χ1) is 11.5. The number of hydrogen-bond donors (Lipinski definition) is 0. The second kappa shape index (κ2) is 7.81. The number of hydrogen-bond acceptors (Lipinski definition) is 6. The fourth-order valence-electron chi connectivity index (χ4n) is 2.71. The van der Waals surface area contributed by atoms with Gasteiger partial charge in [0.1, 0.15) is 6.54 Å². The molecule has 7 nitrogen and oxygen atoms in total. The van der Waals surface area contributed by atoms with Gasteiger partial charge in [-0.2, -0.15) is 0 Å². The molecule has 0 aromatic heterocycles. The summed E-state index contributed by atoms with van der Waals surface area (Å²) in [4.78, 5) is 36.9. The van der Waals surface area contributed by atoms with Gasteiger partial charge in [-0.25, -0.2) is 0 Å². The molecule has 0 N–H and O–H groups in total. The number of imide groups is 1. The molecule has 1 aromatic rings. The summed E-state index contributed by atoms with van der Waals surface area (Å²) in [5, 5.41) is 0. The number of carbonyl (C=O) groups is 3. The van der Waals surface area contributed by atoms with Crippen LogP contribution >= 0.6 is 0 Å². The van der Waals surface area contributed by atoms with Crippen LogP contribution in [0.25, 0.3) is 0 Å². The van der Waals surface area contributed by atoms with Crippen molar-refractivity contribution >= 4 is 17.8 Å². The fourth-order valence-corrected chi connectivity index (χ4v) is 2.71. The van der Waals surface area contributed by atoms with Gasteiger partial charge < -0.3 is 14.2 Å². The van der Waals surface area contributed by atoms with Crippen molar-refractivity contribution in [3.05, 3.63) is 23.8 Å². The fraction of sp³-hybridized carbons (Fsp3) is 0.471. The summed E-state index contributed by atoms with van der Waals surface area (Å²) in [6, 6.07) is 5.36. The molecular formula is C17H21NO6.